The number of hydrogen-bond acceptors (Lipinski definition) is 2. The summed E-state index contributed by atoms with van der Waals surface area (Å²) in [5, 5.41) is 0. The highest BCUT2D eigenvalue weighted by molar-refractivity contribution is 5.25. The van der Waals surface area contributed by atoms with Crippen molar-refractivity contribution in [3.8, 4) is 5.88 Å². The van der Waals surface area contributed by atoms with Gasteiger partial charge in [-0.2, -0.15) is 0 Å². The molecule has 14 heavy (non-hydrogen) atoms. The van der Waals surface area contributed by atoms with E-state index < -0.39 is 0 Å². The van der Waals surface area contributed by atoms with Crippen LogP contribution in [0.1, 0.15) is 33.3 Å². The molecule has 0 aromatic carbocycles. The highest BCUT2D eigenvalue weighted by Crippen LogP contribution is 2.25. The summed E-state index contributed by atoms with van der Waals surface area (Å²) in [4.78, 5) is 4.03. The Morgan fingerprint density at radius 2 is 2.07 bits per heavy atom. The van der Waals surface area contributed by atoms with E-state index in [0.717, 1.165) is 0 Å². The van der Waals surface area contributed by atoms with Crippen LogP contribution in [-0.4, -0.2) is 11.6 Å². The van der Waals surface area contributed by atoms with Crippen molar-refractivity contribution in [3.63, 3.8) is 0 Å². The maximum absolute atomic E-state index is 13.5. The van der Waals surface area contributed by atoms with Gasteiger partial charge in [0.1, 0.15) is 5.82 Å². The van der Waals surface area contributed by atoms with Gasteiger partial charge in [-0.25, -0.2) is 9.37 Å². The van der Waals surface area contributed by atoms with Gasteiger partial charge in [0.25, 0.3) is 0 Å². The summed E-state index contributed by atoms with van der Waals surface area (Å²) in [5.74, 6) is 0.0916. The van der Waals surface area contributed by atoms with Crippen LogP contribution in [0.2, 0.25) is 0 Å². The molecule has 0 aliphatic carbocycles. The minimum absolute atomic E-state index is 0.220. The van der Waals surface area contributed by atoms with Gasteiger partial charge in [-0.3, -0.25) is 0 Å². The third-order valence-electron chi connectivity index (χ3n) is 1.93. The summed E-state index contributed by atoms with van der Waals surface area (Å²) >= 11 is 0. The van der Waals surface area contributed by atoms with Crippen LogP contribution in [0.3, 0.4) is 0 Å². The molecule has 0 aliphatic heterocycles. The highest BCUT2D eigenvalue weighted by Gasteiger charge is 2.19. The molecule has 1 aromatic heterocycles. The fourth-order valence-corrected chi connectivity index (χ4v) is 1.19. The van der Waals surface area contributed by atoms with E-state index in [9.17, 15) is 4.39 Å². The number of halogens is 1. The van der Waals surface area contributed by atoms with Crippen LogP contribution in [0, 0.1) is 5.82 Å². The van der Waals surface area contributed by atoms with E-state index >= 15 is 0 Å². The molecular formula is C11H16FNO. The summed E-state index contributed by atoms with van der Waals surface area (Å²) < 4.78 is 18.7. The largest absolute Gasteiger partial charge is 0.478 e. The van der Waals surface area contributed by atoms with Gasteiger partial charge in [0.15, 0.2) is 0 Å². The van der Waals surface area contributed by atoms with Crippen LogP contribution in [0.25, 0.3) is 0 Å². The van der Waals surface area contributed by atoms with Crippen LogP contribution in [-0.2, 0) is 5.41 Å². The van der Waals surface area contributed by atoms with Crippen molar-refractivity contribution < 1.29 is 9.13 Å². The molecule has 0 amide bonds. The third kappa shape index (κ3) is 2.44. The van der Waals surface area contributed by atoms with Gasteiger partial charge in [0.2, 0.25) is 5.88 Å². The zero-order valence-corrected chi connectivity index (χ0v) is 9.10. The Balaban J connectivity index is 3.02. The Bertz CT molecular complexity index is 318. The predicted octanol–water partition coefficient (Wildman–Crippen LogP) is 2.92. The second-order valence-electron chi connectivity index (χ2n) is 4.19. The summed E-state index contributed by atoms with van der Waals surface area (Å²) in [6, 6.07) is 1.34. The molecule has 2 nitrogen and oxygen atoms in total. The maximum Gasteiger partial charge on any atom is 0.216 e. The highest BCUT2D eigenvalue weighted by atomic mass is 19.1. The normalized spacial score (nSPS) is 11.5. The SMILES string of the molecule is CCOc1cc(F)c(C(C)(C)C)cn1. The van der Waals surface area contributed by atoms with Crippen molar-refractivity contribution in [3.05, 3.63) is 23.6 Å². The van der Waals surface area contributed by atoms with Crippen molar-refractivity contribution in [1.82, 2.24) is 4.98 Å². The van der Waals surface area contributed by atoms with Gasteiger partial charge in [-0.1, -0.05) is 20.8 Å². The molecule has 3 heteroatoms. The Morgan fingerprint density at radius 1 is 1.43 bits per heavy atom. The maximum atomic E-state index is 13.5. The molecule has 0 atom stereocenters. The summed E-state index contributed by atoms with van der Waals surface area (Å²) in [6.07, 6.45) is 1.54. The first-order valence-corrected chi connectivity index (χ1v) is 4.74. The molecule has 0 saturated heterocycles. The summed E-state index contributed by atoms with van der Waals surface area (Å²) in [6.45, 7) is 8.20. The summed E-state index contributed by atoms with van der Waals surface area (Å²) in [7, 11) is 0. The molecule has 0 bridgehead atoms. The van der Waals surface area contributed by atoms with Crippen LogP contribution in [0.15, 0.2) is 12.3 Å². The van der Waals surface area contributed by atoms with Crippen LogP contribution in [0.4, 0.5) is 4.39 Å². The van der Waals surface area contributed by atoms with Gasteiger partial charge >= 0.3 is 0 Å². The number of pyridine rings is 1. The molecule has 0 aliphatic rings. The second-order valence-corrected chi connectivity index (χ2v) is 4.19. The Morgan fingerprint density at radius 3 is 2.50 bits per heavy atom. The van der Waals surface area contributed by atoms with E-state index in [0.29, 0.717) is 18.1 Å². The number of hydrogen-bond donors (Lipinski definition) is 0. The topological polar surface area (TPSA) is 22.1 Å². The smallest absolute Gasteiger partial charge is 0.216 e. The van der Waals surface area contributed by atoms with Crippen molar-refractivity contribution in [2.24, 2.45) is 0 Å². The average molecular weight is 197 g/mol. The Kier molecular flexibility index (Phi) is 3.09. The number of nitrogens with zero attached hydrogens (tertiary/aromatic N) is 1. The van der Waals surface area contributed by atoms with E-state index in [1.807, 2.05) is 27.7 Å². The number of aromatic nitrogens is 1. The first-order valence-electron chi connectivity index (χ1n) is 4.74. The quantitative estimate of drug-likeness (QED) is 0.727. The van der Waals surface area contributed by atoms with Gasteiger partial charge < -0.3 is 4.74 Å². The zero-order valence-electron chi connectivity index (χ0n) is 9.10. The van der Waals surface area contributed by atoms with E-state index in [2.05, 4.69) is 4.98 Å². The Labute approximate surface area is 84.1 Å². The zero-order chi connectivity index (χ0) is 10.8. The van der Waals surface area contributed by atoms with E-state index in [4.69, 9.17) is 4.74 Å². The number of rotatable bonds is 2. The monoisotopic (exact) mass is 197 g/mol. The number of ether oxygens (including phenoxy) is 1. The fourth-order valence-electron chi connectivity index (χ4n) is 1.19. The molecule has 0 saturated carbocycles. The fraction of sp³-hybridized carbons (Fsp3) is 0.545. The molecule has 0 fully saturated rings. The van der Waals surface area contributed by atoms with E-state index in [1.165, 1.54) is 6.07 Å². The van der Waals surface area contributed by atoms with Gasteiger partial charge in [-0.05, 0) is 12.3 Å². The third-order valence-corrected chi connectivity index (χ3v) is 1.93. The summed E-state index contributed by atoms with van der Waals surface area (Å²) in [5.41, 5.74) is 0.392. The van der Waals surface area contributed by atoms with Crippen molar-refractivity contribution in [2.45, 2.75) is 33.1 Å². The van der Waals surface area contributed by atoms with Gasteiger partial charge in [0.05, 0.1) is 6.61 Å². The molecule has 1 rings (SSSR count). The predicted molar refractivity (Wildman–Crippen MR) is 54.1 cm³/mol. The van der Waals surface area contributed by atoms with Crippen molar-refractivity contribution in [1.29, 1.82) is 0 Å². The lowest BCUT2D eigenvalue weighted by Crippen LogP contribution is -2.14. The van der Waals surface area contributed by atoms with Crippen LogP contribution < -0.4 is 4.74 Å². The lowest BCUT2D eigenvalue weighted by Gasteiger charge is -2.19. The van der Waals surface area contributed by atoms with E-state index in [1.54, 1.807) is 6.20 Å². The molecule has 1 heterocycles. The molecule has 0 spiro atoms. The molecule has 0 unspecified atom stereocenters. The van der Waals surface area contributed by atoms with Gasteiger partial charge in [0, 0.05) is 17.8 Å². The lowest BCUT2D eigenvalue weighted by molar-refractivity contribution is 0.323. The Hall–Kier alpha value is -1.12. The molecule has 0 radical (unpaired) electrons. The van der Waals surface area contributed by atoms with Crippen molar-refractivity contribution in [2.75, 3.05) is 6.61 Å². The molecule has 0 N–H and O–H groups in total. The van der Waals surface area contributed by atoms with E-state index in [-0.39, 0.29) is 11.2 Å². The second kappa shape index (κ2) is 3.95. The van der Waals surface area contributed by atoms with Crippen LogP contribution in [0.5, 0.6) is 5.88 Å². The van der Waals surface area contributed by atoms with Crippen LogP contribution >= 0.6 is 0 Å². The molecule has 1 aromatic rings. The molecule has 78 valence electrons. The standard InChI is InChI=1S/C11H16FNO/c1-5-14-10-6-9(12)8(7-13-10)11(2,3)4/h6-7H,5H2,1-4H3. The van der Waals surface area contributed by atoms with Gasteiger partial charge in [-0.15, -0.1) is 0 Å². The average Bonchev–Trinajstić information content (AvgIpc) is 2.02. The first-order chi connectivity index (χ1) is 6.45. The minimum atomic E-state index is -0.254. The molecular weight excluding hydrogens is 181 g/mol. The van der Waals surface area contributed by atoms with Crippen molar-refractivity contribution >= 4 is 0 Å². The first kappa shape index (κ1) is 11.0. The lowest BCUT2D eigenvalue weighted by atomic mass is 9.88. The minimum Gasteiger partial charge on any atom is -0.478 e.